The number of rotatable bonds is 4. The Morgan fingerprint density at radius 1 is 0.825 bits per heavy atom. The lowest BCUT2D eigenvalue weighted by molar-refractivity contribution is 0.479. The highest BCUT2D eigenvalue weighted by Crippen LogP contribution is 2.36. The van der Waals surface area contributed by atoms with Gasteiger partial charge in [0.1, 0.15) is 17.3 Å². The van der Waals surface area contributed by atoms with Crippen LogP contribution in [0.15, 0.2) is 91.8 Å². The number of imidazole rings is 2. The molecule has 0 fully saturated rings. The minimum atomic E-state index is 0.0140. The van der Waals surface area contributed by atoms with Crippen molar-refractivity contribution in [2.75, 3.05) is 0 Å². The summed E-state index contributed by atoms with van der Waals surface area (Å²) in [6.45, 7) is 10.8. The molecule has 0 bridgehead atoms. The van der Waals surface area contributed by atoms with Crippen LogP contribution < -0.4 is 4.74 Å². The number of hydrogen-bond donors (Lipinski definition) is 0. The molecule has 0 atom stereocenters. The average Bonchev–Trinajstić information content (AvgIpc) is 3.65. The minimum absolute atomic E-state index is 0.0140. The third-order valence-corrected chi connectivity index (χ3v) is 7.66. The Kier molecular flexibility index (Phi) is 5.32. The van der Waals surface area contributed by atoms with Crippen molar-refractivity contribution in [2.45, 2.75) is 40.0 Å². The minimum Gasteiger partial charge on any atom is -0.456 e. The molecule has 7 heteroatoms. The van der Waals surface area contributed by atoms with Crippen molar-refractivity contribution < 1.29 is 4.74 Å². The van der Waals surface area contributed by atoms with E-state index in [1.165, 1.54) is 10.9 Å². The summed E-state index contributed by atoms with van der Waals surface area (Å²) in [5, 5.41) is 2.34. The van der Waals surface area contributed by atoms with Gasteiger partial charge in [-0.15, -0.1) is 0 Å². The second-order valence-electron chi connectivity index (χ2n) is 11.3. The van der Waals surface area contributed by atoms with Crippen LogP contribution in [-0.2, 0) is 5.41 Å². The van der Waals surface area contributed by atoms with E-state index in [2.05, 4.69) is 90.2 Å². The van der Waals surface area contributed by atoms with Crippen molar-refractivity contribution in [3.8, 4) is 23.0 Å². The van der Waals surface area contributed by atoms with Crippen molar-refractivity contribution in [3.63, 3.8) is 0 Å². The number of aromatic nitrogens is 6. The van der Waals surface area contributed by atoms with Crippen LogP contribution in [0.4, 0.5) is 0 Å². The first-order chi connectivity index (χ1) is 19.3. The Morgan fingerprint density at radius 3 is 2.45 bits per heavy atom. The van der Waals surface area contributed by atoms with Crippen LogP contribution in [0.2, 0.25) is 0 Å². The quantitative estimate of drug-likeness (QED) is 0.236. The summed E-state index contributed by atoms with van der Waals surface area (Å²) in [6.07, 6.45) is 9.36. The summed E-state index contributed by atoms with van der Waals surface area (Å²) in [5.41, 5.74) is 7.23. The van der Waals surface area contributed by atoms with E-state index in [1.807, 2.05) is 42.2 Å². The molecule has 0 N–H and O–H groups in total. The highest BCUT2D eigenvalue weighted by Gasteiger charge is 2.19. The normalized spacial score (nSPS) is 12.1. The third-order valence-electron chi connectivity index (χ3n) is 7.66. The average molecular weight is 527 g/mol. The molecule has 0 spiro atoms. The predicted octanol–water partition coefficient (Wildman–Crippen LogP) is 7.72. The van der Waals surface area contributed by atoms with E-state index in [4.69, 9.17) is 14.7 Å². The summed E-state index contributed by atoms with van der Waals surface area (Å²) in [6, 6.07) is 21.0. The summed E-state index contributed by atoms with van der Waals surface area (Å²) in [7, 11) is 0. The summed E-state index contributed by atoms with van der Waals surface area (Å²) in [5.74, 6) is 2.35. The zero-order valence-corrected chi connectivity index (χ0v) is 23.3. The third kappa shape index (κ3) is 3.85. The van der Waals surface area contributed by atoms with Crippen molar-refractivity contribution in [1.82, 2.24) is 28.5 Å². The number of benzene rings is 2. The molecule has 0 saturated carbocycles. The highest BCUT2D eigenvalue weighted by atomic mass is 16.5. The van der Waals surface area contributed by atoms with Gasteiger partial charge < -0.3 is 9.30 Å². The second-order valence-corrected chi connectivity index (χ2v) is 11.3. The number of hydrogen-bond acceptors (Lipinski definition) is 4. The molecule has 0 aliphatic heterocycles. The lowest BCUT2D eigenvalue weighted by Crippen LogP contribution is -2.12. The number of ether oxygens (including phenoxy) is 1. The van der Waals surface area contributed by atoms with Gasteiger partial charge in [0.25, 0.3) is 0 Å². The number of pyridine rings is 2. The first-order valence-corrected chi connectivity index (χ1v) is 13.4. The van der Waals surface area contributed by atoms with Crippen LogP contribution >= 0.6 is 0 Å². The maximum atomic E-state index is 6.55. The molecule has 0 amide bonds. The molecule has 0 aliphatic rings. The maximum Gasteiger partial charge on any atom is 0.161 e. The van der Waals surface area contributed by atoms with Gasteiger partial charge in [-0.3, -0.25) is 8.97 Å². The van der Waals surface area contributed by atoms with Crippen molar-refractivity contribution in [3.05, 3.63) is 109 Å². The van der Waals surface area contributed by atoms with Gasteiger partial charge in [0.05, 0.1) is 34.9 Å². The van der Waals surface area contributed by atoms with Gasteiger partial charge >= 0.3 is 0 Å². The lowest BCUT2D eigenvalue weighted by Gasteiger charge is -2.20. The second kappa shape index (κ2) is 8.81. The van der Waals surface area contributed by atoms with Crippen LogP contribution in [-0.4, -0.2) is 28.5 Å². The Hall–Kier alpha value is -4.91. The Bertz CT molecular complexity index is 2040. The molecule has 7 nitrogen and oxygen atoms in total. The fraction of sp³-hybridized carbons (Fsp3) is 0.182. The molecule has 0 radical (unpaired) electrons. The SMILES string of the molecule is Cc1nc2c(-n3ccnc3)cc(Oc3ccc4c5ccccc5n(-c5cc(C(C)(C)C)ccn5)c4c3)cn2c1C. The molecule has 2 aromatic carbocycles. The van der Waals surface area contributed by atoms with Crippen LogP contribution in [0.3, 0.4) is 0 Å². The van der Waals surface area contributed by atoms with E-state index in [-0.39, 0.29) is 5.41 Å². The summed E-state index contributed by atoms with van der Waals surface area (Å²) < 4.78 is 12.8. The number of aryl methyl sites for hydroxylation is 2. The van der Waals surface area contributed by atoms with Crippen LogP contribution in [0.1, 0.15) is 37.7 Å². The zero-order valence-electron chi connectivity index (χ0n) is 23.3. The van der Waals surface area contributed by atoms with E-state index >= 15 is 0 Å². The molecule has 0 unspecified atom stereocenters. The molecule has 0 aliphatic carbocycles. The van der Waals surface area contributed by atoms with Gasteiger partial charge in [0, 0.05) is 47.2 Å². The molecular formula is C33H30N6O. The van der Waals surface area contributed by atoms with Gasteiger partial charge in [-0.1, -0.05) is 39.0 Å². The molecule has 198 valence electrons. The Morgan fingerprint density at radius 2 is 1.65 bits per heavy atom. The molecular weight excluding hydrogens is 496 g/mol. The number of fused-ring (bicyclic) bond motifs is 4. The summed E-state index contributed by atoms with van der Waals surface area (Å²) >= 11 is 0. The Labute approximate surface area is 232 Å². The zero-order chi connectivity index (χ0) is 27.6. The van der Waals surface area contributed by atoms with Gasteiger partial charge in [-0.2, -0.15) is 0 Å². The van der Waals surface area contributed by atoms with E-state index < -0.39 is 0 Å². The molecule has 7 aromatic rings. The predicted molar refractivity (Wildman–Crippen MR) is 159 cm³/mol. The largest absolute Gasteiger partial charge is 0.456 e. The van der Waals surface area contributed by atoms with Crippen LogP contribution in [0, 0.1) is 13.8 Å². The molecule has 5 aromatic heterocycles. The van der Waals surface area contributed by atoms with Crippen LogP contribution in [0.5, 0.6) is 11.5 Å². The fourth-order valence-electron chi connectivity index (χ4n) is 5.38. The van der Waals surface area contributed by atoms with E-state index in [9.17, 15) is 0 Å². The molecule has 40 heavy (non-hydrogen) atoms. The van der Waals surface area contributed by atoms with Gasteiger partial charge in [-0.05, 0) is 55.2 Å². The van der Waals surface area contributed by atoms with Crippen molar-refractivity contribution in [1.29, 1.82) is 0 Å². The van der Waals surface area contributed by atoms with Crippen molar-refractivity contribution >= 4 is 27.5 Å². The van der Waals surface area contributed by atoms with Gasteiger partial charge in [-0.25, -0.2) is 15.0 Å². The fourth-order valence-corrected chi connectivity index (χ4v) is 5.38. The van der Waals surface area contributed by atoms with Gasteiger partial charge in [0.2, 0.25) is 0 Å². The molecule has 7 rings (SSSR count). The smallest absolute Gasteiger partial charge is 0.161 e. The highest BCUT2D eigenvalue weighted by molar-refractivity contribution is 6.09. The Balaban J connectivity index is 1.40. The lowest BCUT2D eigenvalue weighted by atomic mass is 9.88. The topological polar surface area (TPSA) is 62.2 Å². The standard InChI is InChI=1S/C33H30N6O/c1-21-22(2)38-19-25(18-30(32(38)36-21)37-15-14-34-20-37)40-24-10-11-27-26-8-6-7-9-28(26)39(29(27)17-24)31-16-23(12-13-35-31)33(3,4)5/h6-20H,1-5H3. The first-order valence-electron chi connectivity index (χ1n) is 13.4. The molecule has 0 saturated heterocycles. The number of para-hydroxylation sites is 1. The van der Waals surface area contributed by atoms with E-state index in [0.29, 0.717) is 5.75 Å². The maximum absolute atomic E-state index is 6.55. The van der Waals surface area contributed by atoms with E-state index in [1.54, 1.807) is 12.5 Å². The van der Waals surface area contributed by atoms with Crippen LogP contribution in [0.25, 0.3) is 39.0 Å². The van der Waals surface area contributed by atoms with Gasteiger partial charge in [0.15, 0.2) is 5.65 Å². The number of nitrogens with zero attached hydrogens (tertiary/aromatic N) is 6. The van der Waals surface area contributed by atoms with E-state index in [0.717, 1.165) is 50.7 Å². The monoisotopic (exact) mass is 526 g/mol. The molecule has 5 heterocycles. The summed E-state index contributed by atoms with van der Waals surface area (Å²) in [4.78, 5) is 13.8. The first kappa shape index (κ1) is 24.2. The van der Waals surface area contributed by atoms with Crippen molar-refractivity contribution in [2.24, 2.45) is 0 Å².